The Hall–Kier alpha value is -4.91. The molecule has 1 heterocycles. The molecule has 0 bridgehead atoms. The minimum atomic E-state index is -1.09. The lowest BCUT2D eigenvalue weighted by Gasteiger charge is -2.12. The third-order valence-electron chi connectivity index (χ3n) is 6.76. The summed E-state index contributed by atoms with van der Waals surface area (Å²) in [6, 6.07) is 24.7. The van der Waals surface area contributed by atoms with E-state index in [-0.39, 0.29) is 11.5 Å². The van der Waals surface area contributed by atoms with Crippen LogP contribution < -0.4 is 21.3 Å². The van der Waals surface area contributed by atoms with Gasteiger partial charge in [-0.15, -0.1) is 0 Å². The number of anilines is 5. The van der Waals surface area contributed by atoms with E-state index in [1.807, 2.05) is 48.5 Å². The molecular weight excluding hydrogens is 550 g/mol. The van der Waals surface area contributed by atoms with Crippen molar-refractivity contribution in [2.45, 2.75) is 11.5 Å². The van der Waals surface area contributed by atoms with E-state index in [0.29, 0.717) is 68.6 Å². The Balaban J connectivity index is 1.02. The number of carbonyl (C=O) groups is 2. The van der Waals surface area contributed by atoms with Crippen molar-refractivity contribution in [3.63, 3.8) is 0 Å². The van der Waals surface area contributed by atoms with E-state index in [2.05, 4.69) is 36.2 Å². The van der Waals surface area contributed by atoms with Gasteiger partial charge in [0.25, 0.3) is 0 Å². The largest absolute Gasteiger partial charge is 0.508 e. The van der Waals surface area contributed by atoms with Gasteiger partial charge in [0.15, 0.2) is 5.78 Å². The molecule has 1 aliphatic rings. The first-order valence-electron chi connectivity index (χ1n) is 13.9. The highest BCUT2D eigenvalue weighted by Gasteiger charge is 2.66. The van der Waals surface area contributed by atoms with Gasteiger partial charge in [-0.05, 0) is 42.0 Å². The van der Waals surface area contributed by atoms with Crippen molar-refractivity contribution in [1.82, 2.24) is 20.3 Å². The van der Waals surface area contributed by atoms with E-state index in [1.54, 1.807) is 36.4 Å². The number of carbonyl (C=O) groups excluding carboxylic acids is 2. The van der Waals surface area contributed by atoms with Gasteiger partial charge in [-0.25, -0.2) is 0 Å². The zero-order chi connectivity index (χ0) is 29.9. The van der Waals surface area contributed by atoms with Crippen molar-refractivity contribution in [2.75, 3.05) is 55.5 Å². The van der Waals surface area contributed by atoms with Gasteiger partial charge in [0.05, 0.1) is 32.5 Å². The monoisotopic (exact) mass is 583 g/mol. The number of hydrogen-bond donors (Lipinski definition) is 5. The van der Waals surface area contributed by atoms with Crippen molar-refractivity contribution >= 4 is 41.3 Å². The summed E-state index contributed by atoms with van der Waals surface area (Å²) in [6.45, 7) is 2.44. The number of phenolic OH excluding ortho intramolecular Hbond substituents is 1. The molecule has 2 atom stereocenters. The van der Waals surface area contributed by atoms with Crippen LogP contribution >= 0.6 is 0 Å². The molecule has 4 aromatic rings. The SMILES string of the molecule is O=CC1(c2ccccc2)C(=O)C1NCCOCCOCCNc1nc(Nc2ccccc2)nc(Nc2ccc(O)cc2)n1. The zero-order valence-corrected chi connectivity index (χ0v) is 23.4. The van der Waals surface area contributed by atoms with Gasteiger partial charge in [-0.2, -0.15) is 15.0 Å². The molecule has 12 heteroatoms. The Morgan fingerprint density at radius 2 is 1.28 bits per heavy atom. The first kappa shape index (κ1) is 29.6. The molecule has 1 aromatic heterocycles. The minimum absolute atomic E-state index is 0.117. The fourth-order valence-electron chi connectivity index (χ4n) is 4.51. The van der Waals surface area contributed by atoms with Gasteiger partial charge in [0.2, 0.25) is 17.8 Å². The van der Waals surface area contributed by atoms with Gasteiger partial charge >= 0.3 is 0 Å². The number of Topliss-reactive ketones (excluding diaryl/α,β-unsaturated/α-hetero) is 1. The summed E-state index contributed by atoms with van der Waals surface area (Å²) in [4.78, 5) is 37.4. The van der Waals surface area contributed by atoms with E-state index >= 15 is 0 Å². The maximum atomic E-state index is 12.4. The van der Waals surface area contributed by atoms with Crippen LogP contribution in [0.1, 0.15) is 5.56 Å². The number of aromatic hydroxyl groups is 1. The highest BCUT2D eigenvalue weighted by Crippen LogP contribution is 2.42. The molecule has 5 N–H and O–H groups in total. The fraction of sp³-hybridized carbons (Fsp3) is 0.258. The molecule has 1 saturated carbocycles. The minimum Gasteiger partial charge on any atom is -0.508 e. The molecule has 0 aliphatic heterocycles. The first-order chi connectivity index (χ1) is 21.1. The van der Waals surface area contributed by atoms with Crippen LogP contribution in [-0.4, -0.2) is 77.7 Å². The van der Waals surface area contributed by atoms with Crippen molar-refractivity contribution < 1.29 is 24.2 Å². The average Bonchev–Trinajstić information content (AvgIpc) is 3.62. The summed E-state index contributed by atoms with van der Waals surface area (Å²) in [7, 11) is 0. The quantitative estimate of drug-likeness (QED) is 0.0536. The Morgan fingerprint density at radius 3 is 1.91 bits per heavy atom. The number of rotatable bonds is 17. The molecule has 12 nitrogen and oxygen atoms in total. The number of ketones is 1. The van der Waals surface area contributed by atoms with Crippen molar-refractivity contribution in [3.8, 4) is 5.75 Å². The topological polar surface area (TPSA) is 160 Å². The van der Waals surface area contributed by atoms with E-state index in [9.17, 15) is 14.7 Å². The van der Waals surface area contributed by atoms with Crippen LogP contribution in [0.15, 0.2) is 84.9 Å². The van der Waals surface area contributed by atoms with Gasteiger partial charge < -0.3 is 40.6 Å². The number of nitrogens with one attached hydrogen (secondary N) is 4. The van der Waals surface area contributed by atoms with Gasteiger partial charge in [-0.3, -0.25) is 4.79 Å². The summed E-state index contributed by atoms with van der Waals surface area (Å²) in [5, 5.41) is 22.1. The lowest BCUT2D eigenvalue weighted by molar-refractivity contribution is -0.116. The molecule has 0 spiro atoms. The van der Waals surface area contributed by atoms with Crippen LogP contribution in [0, 0.1) is 0 Å². The molecule has 0 amide bonds. The summed E-state index contributed by atoms with van der Waals surface area (Å²) in [5.41, 5.74) is 1.16. The number of phenols is 1. The normalized spacial score (nSPS) is 17.3. The second-order valence-corrected chi connectivity index (χ2v) is 9.72. The average molecular weight is 584 g/mol. The number of benzene rings is 3. The maximum absolute atomic E-state index is 12.4. The number of ether oxygens (including phenoxy) is 2. The number of aldehydes is 1. The molecule has 2 unspecified atom stereocenters. The van der Waals surface area contributed by atoms with Crippen LogP contribution in [0.2, 0.25) is 0 Å². The number of hydrogen-bond acceptors (Lipinski definition) is 12. The Kier molecular flexibility index (Phi) is 9.85. The zero-order valence-electron chi connectivity index (χ0n) is 23.4. The molecule has 1 aliphatic carbocycles. The third-order valence-corrected chi connectivity index (χ3v) is 6.76. The summed E-state index contributed by atoms with van der Waals surface area (Å²) in [6.07, 6.45) is 0.732. The first-order valence-corrected chi connectivity index (χ1v) is 13.9. The molecule has 0 saturated heterocycles. The van der Waals surface area contributed by atoms with E-state index < -0.39 is 11.5 Å². The summed E-state index contributed by atoms with van der Waals surface area (Å²) < 4.78 is 11.2. The van der Waals surface area contributed by atoms with E-state index in [0.717, 1.165) is 12.0 Å². The fourth-order valence-corrected chi connectivity index (χ4v) is 4.51. The molecular formula is C31H33N7O5. The predicted molar refractivity (Wildman–Crippen MR) is 162 cm³/mol. The number of para-hydroxylation sites is 1. The molecule has 43 heavy (non-hydrogen) atoms. The summed E-state index contributed by atoms with van der Waals surface area (Å²) in [5.74, 6) is 1.09. The van der Waals surface area contributed by atoms with Gasteiger partial charge in [0.1, 0.15) is 17.5 Å². The molecule has 0 radical (unpaired) electrons. The van der Waals surface area contributed by atoms with Gasteiger partial charge in [0, 0.05) is 24.5 Å². The van der Waals surface area contributed by atoms with Crippen molar-refractivity contribution in [3.05, 3.63) is 90.5 Å². The molecule has 5 rings (SSSR count). The molecule has 222 valence electrons. The number of aromatic nitrogens is 3. The smallest absolute Gasteiger partial charge is 0.233 e. The highest BCUT2D eigenvalue weighted by molar-refractivity contribution is 6.24. The Labute approximate surface area is 248 Å². The van der Waals surface area contributed by atoms with Crippen LogP contribution in [0.3, 0.4) is 0 Å². The third kappa shape index (κ3) is 7.68. The number of nitrogens with zero attached hydrogens (tertiary/aromatic N) is 3. The van der Waals surface area contributed by atoms with Crippen molar-refractivity contribution in [1.29, 1.82) is 0 Å². The van der Waals surface area contributed by atoms with Crippen LogP contribution in [0.4, 0.5) is 29.2 Å². The molecule has 3 aromatic carbocycles. The summed E-state index contributed by atoms with van der Waals surface area (Å²) >= 11 is 0. The lowest BCUT2D eigenvalue weighted by Crippen LogP contribution is -2.29. The van der Waals surface area contributed by atoms with E-state index in [1.165, 1.54) is 0 Å². The predicted octanol–water partition coefficient (Wildman–Crippen LogP) is 3.19. The van der Waals surface area contributed by atoms with Crippen molar-refractivity contribution in [2.24, 2.45) is 0 Å². The lowest BCUT2D eigenvalue weighted by atomic mass is 9.97. The highest BCUT2D eigenvalue weighted by atomic mass is 16.5. The Morgan fingerprint density at radius 1 is 0.721 bits per heavy atom. The van der Waals surface area contributed by atoms with E-state index in [4.69, 9.17) is 9.47 Å². The second-order valence-electron chi connectivity index (χ2n) is 9.72. The standard InChI is InChI=1S/C31H33N7O5/c39-21-31(22-7-3-1-4-8-22)26(27(31)41)32-15-17-42-19-20-43-18-16-33-28-36-29(34-23-9-5-2-6-10-23)38-30(37-28)35-24-11-13-25(40)14-12-24/h1-14,21,26,32,40H,15-20H2,(H3,33,34,35,36,37,38). The Bertz CT molecular complexity index is 1490. The maximum Gasteiger partial charge on any atom is 0.233 e. The van der Waals surface area contributed by atoms with Crippen LogP contribution in [0.5, 0.6) is 5.75 Å². The van der Waals surface area contributed by atoms with Gasteiger partial charge in [-0.1, -0.05) is 48.5 Å². The molecule has 1 fully saturated rings. The van der Waals surface area contributed by atoms with Crippen LogP contribution in [-0.2, 0) is 24.5 Å². The second kappa shape index (κ2) is 14.3. The van der Waals surface area contributed by atoms with Crippen LogP contribution in [0.25, 0.3) is 0 Å².